The monoisotopic (exact) mass is 366 g/mol. The highest BCUT2D eigenvalue weighted by Crippen LogP contribution is 2.32. The molecule has 2 amide bonds. The highest BCUT2D eigenvalue weighted by molar-refractivity contribution is 5.95. The number of carboxylic acids is 1. The highest BCUT2D eigenvalue weighted by atomic mass is 16.4. The van der Waals surface area contributed by atoms with Gasteiger partial charge in [0.2, 0.25) is 5.91 Å². The SMILES string of the molecule is O=C(CC(NC(=O)c1ccccc1)c1ccccc1)NC1(C(=O)O)CCC1. The van der Waals surface area contributed by atoms with E-state index in [9.17, 15) is 19.5 Å². The second kappa shape index (κ2) is 8.03. The van der Waals surface area contributed by atoms with Crippen LogP contribution in [0.2, 0.25) is 0 Å². The number of hydrogen-bond donors (Lipinski definition) is 3. The standard InChI is InChI=1S/C21H22N2O4/c24-18(23-21(20(26)27)12-7-13-21)14-17(15-8-3-1-4-9-15)22-19(25)16-10-5-2-6-11-16/h1-6,8-11,17H,7,12-14H2,(H,22,25)(H,23,24)(H,26,27). The summed E-state index contributed by atoms with van der Waals surface area (Å²) in [6.07, 6.45) is 1.61. The number of amides is 2. The van der Waals surface area contributed by atoms with Crippen LogP contribution in [0.5, 0.6) is 0 Å². The maximum absolute atomic E-state index is 12.5. The zero-order chi connectivity index (χ0) is 19.3. The maximum atomic E-state index is 12.5. The van der Waals surface area contributed by atoms with Gasteiger partial charge in [-0.3, -0.25) is 9.59 Å². The Hall–Kier alpha value is -3.15. The van der Waals surface area contributed by atoms with Crippen LogP contribution in [0.3, 0.4) is 0 Å². The average molecular weight is 366 g/mol. The molecule has 6 heteroatoms. The summed E-state index contributed by atoms with van der Waals surface area (Å²) < 4.78 is 0. The van der Waals surface area contributed by atoms with E-state index >= 15 is 0 Å². The van der Waals surface area contributed by atoms with E-state index in [1.165, 1.54) is 0 Å². The molecular weight excluding hydrogens is 344 g/mol. The molecule has 1 aliphatic carbocycles. The van der Waals surface area contributed by atoms with Crippen LogP contribution in [0, 0.1) is 0 Å². The largest absolute Gasteiger partial charge is 0.480 e. The van der Waals surface area contributed by atoms with Crippen molar-refractivity contribution in [2.24, 2.45) is 0 Å². The summed E-state index contributed by atoms with van der Waals surface area (Å²) in [6, 6.07) is 17.4. The van der Waals surface area contributed by atoms with Crippen molar-refractivity contribution in [3.63, 3.8) is 0 Å². The Morgan fingerprint density at radius 1 is 0.963 bits per heavy atom. The third-order valence-electron chi connectivity index (χ3n) is 4.93. The smallest absolute Gasteiger partial charge is 0.329 e. The van der Waals surface area contributed by atoms with Crippen molar-refractivity contribution in [2.45, 2.75) is 37.3 Å². The van der Waals surface area contributed by atoms with E-state index in [1.54, 1.807) is 24.3 Å². The number of carbonyl (C=O) groups is 3. The van der Waals surface area contributed by atoms with Crippen molar-refractivity contribution in [2.75, 3.05) is 0 Å². The van der Waals surface area contributed by atoms with Gasteiger partial charge in [-0.25, -0.2) is 4.79 Å². The van der Waals surface area contributed by atoms with Crippen LogP contribution in [0.1, 0.15) is 47.6 Å². The molecule has 1 saturated carbocycles. The van der Waals surface area contributed by atoms with Gasteiger partial charge in [0.1, 0.15) is 5.54 Å². The first-order valence-corrected chi connectivity index (χ1v) is 8.95. The normalized spacial score (nSPS) is 15.9. The summed E-state index contributed by atoms with van der Waals surface area (Å²) in [7, 11) is 0. The van der Waals surface area contributed by atoms with E-state index in [0.717, 1.165) is 12.0 Å². The Labute approximate surface area is 157 Å². The van der Waals surface area contributed by atoms with Gasteiger partial charge in [-0.2, -0.15) is 0 Å². The minimum atomic E-state index is -1.16. The Balaban J connectivity index is 1.73. The van der Waals surface area contributed by atoms with E-state index in [4.69, 9.17) is 0 Å². The molecule has 0 spiro atoms. The molecule has 140 valence electrons. The van der Waals surface area contributed by atoms with Gasteiger partial charge >= 0.3 is 5.97 Å². The predicted molar refractivity (Wildman–Crippen MR) is 100 cm³/mol. The number of aliphatic carboxylic acids is 1. The zero-order valence-corrected chi connectivity index (χ0v) is 14.9. The second-order valence-electron chi connectivity index (χ2n) is 6.80. The van der Waals surface area contributed by atoms with Crippen LogP contribution in [-0.2, 0) is 9.59 Å². The van der Waals surface area contributed by atoms with E-state index in [1.807, 2.05) is 36.4 Å². The van der Waals surface area contributed by atoms with Gasteiger partial charge in [0.15, 0.2) is 0 Å². The number of hydrogen-bond acceptors (Lipinski definition) is 3. The summed E-state index contributed by atoms with van der Waals surface area (Å²) in [6.45, 7) is 0. The molecule has 0 saturated heterocycles. The van der Waals surface area contributed by atoms with Crippen molar-refractivity contribution in [3.8, 4) is 0 Å². The molecular formula is C21H22N2O4. The Kier molecular flexibility index (Phi) is 5.54. The number of rotatable bonds is 7. The van der Waals surface area contributed by atoms with Gasteiger partial charge < -0.3 is 15.7 Å². The topological polar surface area (TPSA) is 95.5 Å². The highest BCUT2D eigenvalue weighted by Gasteiger charge is 2.45. The molecule has 2 aromatic rings. The number of benzene rings is 2. The van der Waals surface area contributed by atoms with Crippen LogP contribution in [0.4, 0.5) is 0 Å². The molecule has 1 aliphatic rings. The minimum Gasteiger partial charge on any atom is -0.480 e. The maximum Gasteiger partial charge on any atom is 0.329 e. The molecule has 1 unspecified atom stereocenters. The molecule has 0 heterocycles. The first kappa shape index (κ1) is 18.6. The van der Waals surface area contributed by atoms with E-state index in [-0.39, 0.29) is 18.2 Å². The van der Waals surface area contributed by atoms with Gasteiger partial charge in [0.05, 0.1) is 12.5 Å². The van der Waals surface area contributed by atoms with Crippen molar-refractivity contribution in [1.29, 1.82) is 0 Å². The van der Waals surface area contributed by atoms with Crippen LogP contribution in [0.15, 0.2) is 60.7 Å². The lowest BCUT2D eigenvalue weighted by Gasteiger charge is -2.38. The molecule has 0 bridgehead atoms. The van der Waals surface area contributed by atoms with Crippen molar-refractivity contribution in [1.82, 2.24) is 10.6 Å². The summed E-state index contributed by atoms with van der Waals surface area (Å²) in [5, 5.41) is 14.9. The van der Waals surface area contributed by atoms with Crippen LogP contribution < -0.4 is 10.6 Å². The van der Waals surface area contributed by atoms with Crippen molar-refractivity contribution < 1.29 is 19.5 Å². The summed E-state index contributed by atoms with van der Waals surface area (Å²) in [5.74, 6) is -1.68. The van der Waals surface area contributed by atoms with E-state index in [0.29, 0.717) is 18.4 Å². The summed E-state index contributed by atoms with van der Waals surface area (Å²) >= 11 is 0. The first-order chi connectivity index (χ1) is 13.0. The van der Waals surface area contributed by atoms with E-state index < -0.39 is 17.6 Å². The Morgan fingerprint density at radius 2 is 1.56 bits per heavy atom. The Bertz CT molecular complexity index is 817. The summed E-state index contributed by atoms with van der Waals surface area (Å²) in [5.41, 5.74) is 0.122. The minimum absolute atomic E-state index is 0.0301. The van der Waals surface area contributed by atoms with Crippen LogP contribution in [-0.4, -0.2) is 28.4 Å². The molecule has 3 rings (SSSR count). The molecule has 1 fully saturated rings. The molecule has 3 N–H and O–H groups in total. The fraction of sp³-hybridized carbons (Fsp3) is 0.286. The molecule has 0 aromatic heterocycles. The van der Waals surface area contributed by atoms with Gasteiger partial charge in [-0.15, -0.1) is 0 Å². The van der Waals surface area contributed by atoms with Crippen molar-refractivity contribution in [3.05, 3.63) is 71.8 Å². The Morgan fingerprint density at radius 3 is 2.07 bits per heavy atom. The van der Waals surface area contributed by atoms with Crippen molar-refractivity contribution >= 4 is 17.8 Å². The van der Waals surface area contributed by atoms with Gasteiger partial charge in [0.25, 0.3) is 5.91 Å². The fourth-order valence-corrected chi connectivity index (χ4v) is 3.19. The average Bonchev–Trinajstić information content (AvgIpc) is 2.65. The second-order valence-corrected chi connectivity index (χ2v) is 6.80. The lowest BCUT2D eigenvalue weighted by atomic mass is 9.76. The molecule has 6 nitrogen and oxygen atoms in total. The first-order valence-electron chi connectivity index (χ1n) is 8.95. The van der Waals surface area contributed by atoms with Gasteiger partial charge in [0, 0.05) is 5.56 Å². The summed E-state index contributed by atoms with van der Waals surface area (Å²) in [4.78, 5) is 36.5. The lowest BCUT2D eigenvalue weighted by molar-refractivity contribution is -0.151. The molecule has 1 atom stereocenters. The number of nitrogens with one attached hydrogen (secondary N) is 2. The predicted octanol–water partition coefficient (Wildman–Crippen LogP) is 2.67. The van der Waals surface area contributed by atoms with Gasteiger partial charge in [-0.1, -0.05) is 48.5 Å². The number of carbonyl (C=O) groups excluding carboxylic acids is 2. The molecule has 27 heavy (non-hydrogen) atoms. The van der Waals surface area contributed by atoms with Crippen LogP contribution >= 0.6 is 0 Å². The molecule has 0 aliphatic heterocycles. The quantitative estimate of drug-likeness (QED) is 0.702. The van der Waals surface area contributed by atoms with Crippen LogP contribution in [0.25, 0.3) is 0 Å². The van der Waals surface area contributed by atoms with E-state index in [2.05, 4.69) is 10.6 Å². The van der Waals surface area contributed by atoms with Gasteiger partial charge in [-0.05, 0) is 37.0 Å². The lowest BCUT2D eigenvalue weighted by Crippen LogP contribution is -2.59. The fourth-order valence-electron chi connectivity index (χ4n) is 3.19. The third-order valence-corrected chi connectivity index (χ3v) is 4.93. The third kappa shape index (κ3) is 4.34. The molecule has 0 radical (unpaired) electrons. The molecule has 2 aromatic carbocycles. The zero-order valence-electron chi connectivity index (χ0n) is 14.9. The number of carboxylic acid groups (broad SMARTS) is 1.